The van der Waals surface area contributed by atoms with E-state index in [9.17, 15) is 9.59 Å². The van der Waals surface area contributed by atoms with Gasteiger partial charge in [-0.25, -0.2) is 9.59 Å². The van der Waals surface area contributed by atoms with Gasteiger partial charge in [-0.15, -0.1) is 0 Å². The predicted octanol–water partition coefficient (Wildman–Crippen LogP) is 3.10. The molecule has 0 unspecified atom stereocenters. The van der Waals surface area contributed by atoms with E-state index in [-0.39, 0.29) is 0 Å². The van der Waals surface area contributed by atoms with Crippen molar-refractivity contribution in [3.8, 4) is 0 Å². The molecule has 104 valence electrons. The Balaban J connectivity index is 1.76. The maximum atomic E-state index is 11.5. The summed E-state index contributed by atoms with van der Waals surface area (Å²) in [5, 5.41) is 0. The van der Waals surface area contributed by atoms with Crippen molar-refractivity contribution in [3.05, 3.63) is 60.1 Å². The van der Waals surface area contributed by atoms with Crippen molar-refractivity contribution >= 4 is 11.9 Å². The summed E-state index contributed by atoms with van der Waals surface area (Å²) >= 11 is 0. The van der Waals surface area contributed by atoms with Crippen LogP contribution in [0.1, 0.15) is 25.7 Å². The summed E-state index contributed by atoms with van der Waals surface area (Å²) in [6.45, 7) is 0. The molecule has 2 rings (SSSR count). The molecule has 0 N–H and O–H groups in total. The highest BCUT2D eigenvalue weighted by atomic mass is 16.5. The van der Waals surface area contributed by atoms with Crippen molar-refractivity contribution in [1.29, 1.82) is 0 Å². The van der Waals surface area contributed by atoms with Gasteiger partial charge in [-0.05, 0) is 25.0 Å². The molecule has 20 heavy (non-hydrogen) atoms. The minimum atomic E-state index is -0.569. The number of hydrogen-bond acceptors (Lipinski definition) is 4. The molecular formula is C16H16O4. The molecule has 0 aromatic heterocycles. The van der Waals surface area contributed by atoms with Crippen LogP contribution in [0.3, 0.4) is 0 Å². The number of allylic oxidation sites excluding steroid dienone is 6. The Labute approximate surface area is 117 Å². The Morgan fingerprint density at radius 2 is 1.25 bits per heavy atom. The maximum Gasteiger partial charge on any atom is 0.336 e. The second-order valence-corrected chi connectivity index (χ2v) is 4.34. The average Bonchev–Trinajstić information content (AvgIpc) is 2.47. The molecule has 0 saturated heterocycles. The highest BCUT2D eigenvalue weighted by Crippen LogP contribution is 2.13. The van der Waals surface area contributed by atoms with Crippen LogP contribution in [0.25, 0.3) is 0 Å². The van der Waals surface area contributed by atoms with Crippen molar-refractivity contribution < 1.29 is 19.1 Å². The molecule has 2 aliphatic carbocycles. The van der Waals surface area contributed by atoms with E-state index >= 15 is 0 Å². The van der Waals surface area contributed by atoms with Gasteiger partial charge in [0.05, 0.1) is 0 Å². The fraction of sp³-hybridized carbons (Fsp3) is 0.250. The van der Waals surface area contributed by atoms with Gasteiger partial charge in [0.25, 0.3) is 0 Å². The summed E-state index contributed by atoms with van der Waals surface area (Å²) in [6.07, 6.45) is 16.4. The van der Waals surface area contributed by atoms with E-state index in [2.05, 4.69) is 0 Å². The zero-order valence-electron chi connectivity index (χ0n) is 11.1. The first-order chi connectivity index (χ1) is 9.74. The van der Waals surface area contributed by atoms with E-state index in [1.54, 1.807) is 0 Å². The molecule has 0 radical (unpaired) electrons. The normalized spacial score (nSPS) is 17.6. The van der Waals surface area contributed by atoms with Crippen molar-refractivity contribution in [2.45, 2.75) is 25.7 Å². The van der Waals surface area contributed by atoms with Crippen LogP contribution in [0.5, 0.6) is 0 Å². The van der Waals surface area contributed by atoms with Crippen molar-refractivity contribution in [1.82, 2.24) is 0 Å². The van der Waals surface area contributed by atoms with E-state index in [1.165, 1.54) is 0 Å². The van der Waals surface area contributed by atoms with Crippen LogP contribution < -0.4 is 0 Å². The van der Waals surface area contributed by atoms with E-state index < -0.39 is 11.9 Å². The van der Waals surface area contributed by atoms with Crippen LogP contribution in [0.2, 0.25) is 0 Å². The Hall–Kier alpha value is -2.36. The van der Waals surface area contributed by atoms with Crippen molar-refractivity contribution in [2.75, 3.05) is 0 Å². The third-order valence-electron chi connectivity index (χ3n) is 2.75. The molecule has 2 aliphatic rings. The summed E-state index contributed by atoms with van der Waals surface area (Å²) in [7, 11) is 0. The standard InChI is InChI=1S/C16H16O4/c17-15(19-13-7-3-1-4-8-13)11-12-16(18)20-14-9-5-2-6-10-14/h1-3,5,8,10-12H,4,6-7,9H2/b12-11+. The molecule has 0 saturated carbocycles. The summed E-state index contributed by atoms with van der Waals surface area (Å²) in [5.74, 6) is 0.0772. The summed E-state index contributed by atoms with van der Waals surface area (Å²) in [4.78, 5) is 23.0. The van der Waals surface area contributed by atoms with Gasteiger partial charge in [-0.2, -0.15) is 0 Å². The fourth-order valence-electron chi connectivity index (χ4n) is 1.79. The fourth-order valence-corrected chi connectivity index (χ4v) is 1.79. The Kier molecular flexibility index (Phi) is 5.12. The quantitative estimate of drug-likeness (QED) is 0.448. The SMILES string of the molecule is O=C(/C=C/C(=O)OC1=CCC=CC1)OC1=CCC=CC1. The number of ether oxygens (including phenoxy) is 2. The highest BCUT2D eigenvalue weighted by molar-refractivity contribution is 5.92. The van der Waals surface area contributed by atoms with Gasteiger partial charge >= 0.3 is 11.9 Å². The molecule has 0 atom stereocenters. The lowest BCUT2D eigenvalue weighted by molar-refractivity contribution is -0.136. The van der Waals surface area contributed by atoms with Crippen molar-refractivity contribution in [2.24, 2.45) is 0 Å². The van der Waals surface area contributed by atoms with Gasteiger partial charge in [0.2, 0.25) is 0 Å². The van der Waals surface area contributed by atoms with Gasteiger partial charge in [0.15, 0.2) is 0 Å². The number of carbonyl (C=O) groups is 2. The molecule has 0 aromatic rings. The Morgan fingerprint density at radius 3 is 1.60 bits per heavy atom. The lowest BCUT2D eigenvalue weighted by atomic mass is 10.2. The Bertz CT molecular complexity index is 485. The topological polar surface area (TPSA) is 52.6 Å². The molecular weight excluding hydrogens is 256 g/mol. The predicted molar refractivity (Wildman–Crippen MR) is 74.2 cm³/mol. The molecule has 0 spiro atoms. The average molecular weight is 272 g/mol. The zero-order chi connectivity index (χ0) is 14.2. The van der Waals surface area contributed by atoms with E-state index in [1.807, 2.05) is 36.5 Å². The largest absolute Gasteiger partial charge is 0.428 e. The van der Waals surface area contributed by atoms with Gasteiger partial charge in [0, 0.05) is 25.0 Å². The molecule has 0 heterocycles. The summed E-state index contributed by atoms with van der Waals surface area (Å²) in [6, 6.07) is 0. The van der Waals surface area contributed by atoms with Gasteiger partial charge < -0.3 is 9.47 Å². The molecule has 4 nitrogen and oxygen atoms in total. The minimum absolute atomic E-state index is 0.569. The molecule has 0 aliphatic heterocycles. The second kappa shape index (κ2) is 7.28. The zero-order valence-corrected chi connectivity index (χ0v) is 11.1. The van der Waals surface area contributed by atoms with Crippen LogP contribution in [0.15, 0.2) is 60.1 Å². The Morgan fingerprint density at radius 1 is 0.800 bits per heavy atom. The number of esters is 2. The molecule has 4 heteroatoms. The third kappa shape index (κ3) is 4.72. The lowest BCUT2D eigenvalue weighted by Gasteiger charge is -2.08. The van der Waals surface area contributed by atoms with Crippen LogP contribution in [0.4, 0.5) is 0 Å². The monoisotopic (exact) mass is 272 g/mol. The smallest absolute Gasteiger partial charge is 0.336 e. The van der Waals surface area contributed by atoms with Gasteiger partial charge in [-0.1, -0.05) is 24.3 Å². The third-order valence-corrected chi connectivity index (χ3v) is 2.75. The molecule has 0 fully saturated rings. The first-order valence-electron chi connectivity index (χ1n) is 6.54. The van der Waals surface area contributed by atoms with Gasteiger partial charge in [0.1, 0.15) is 11.5 Å². The van der Waals surface area contributed by atoms with Crippen molar-refractivity contribution in [3.63, 3.8) is 0 Å². The lowest BCUT2D eigenvalue weighted by Crippen LogP contribution is -2.05. The first kappa shape index (κ1) is 14.1. The maximum absolute atomic E-state index is 11.5. The highest BCUT2D eigenvalue weighted by Gasteiger charge is 2.07. The summed E-state index contributed by atoms with van der Waals surface area (Å²) < 4.78 is 10.2. The van der Waals surface area contributed by atoms with Crippen LogP contribution in [0, 0.1) is 0 Å². The number of hydrogen-bond donors (Lipinski definition) is 0. The molecule has 0 aromatic carbocycles. The van der Waals surface area contributed by atoms with Crippen LogP contribution >= 0.6 is 0 Å². The van der Waals surface area contributed by atoms with E-state index in [4.69, 9.17) is 9.47 Å². The van der Waals surface area contributed by atoms with E-state index in [0.29, 0.717) is 24.4 Å². The number of carbonyl (C=O) groups excluding carboxylic acids is 2. The van der Waals surface area contributed by atoms with Gasteiger partial charge in [-0.3, -0.25) is 0 Å². The minimum Gasteiger partial charge on any atom is -0.428 e. The summed E-state index contributed by atoms with van der Waals surface area (Å²) in [5.41, 5.74) is 0. The van der Waals surface area contributed by atoms with Crippen LogP contribution in [-0.2, 0) is 19.1 Å². The van der Waals surface area contributed by atoms with E-state index in [0.717, 1.165) is 25.0 Å². The molecule has 0 bridgehead atoms. The van der Waals surface area contributed by atoms with Crippen LogP contribution in [-0.4, -0.2) is 11.9 Å². The number of rotatable bonds is 4. The first-order valence-corrected chi connectivity index (χ1v) is 6.54. The second-order valence-electron chi connectivity index (χ2n) is 4.34. The molecule has 0 amide bonds.